The summed E-state index contributed by atoms with van der Waals surface area (Å²) >= 11 is 0. The Morgan fingerprint density at radius 3 is 1.19 bits per heavy atom. The van der Waals surface area contributed by atoms with Crippen molar-refractivity contribution in [3.63, 3.8) is 0 Å². The van der Waals surface area contributed by atoms with Gasteiger partial charge in [-0.25, -0.2) is 0 Å². The number of rotatable bonds is 37. The molecule has 0 aromatic rings. The number of hydrogen-bond acceptors (Lipinski definition) is 3. The molecular formula is C43H82N2O3. The van der Waals surface area contributed by atoms with E-state index in [4.69, 9.17) is 4.74 Å². The molecule has 0 heterocycles. The Morgan fingerprint density at radius 2 is 0.792 bits per heavy atom. The van der Waals surface area contributed by atoms with E-state index in [1.165, 1.54) is 167 Å². The highest BCUT2D eigenvalue weighted by atomic mass is 16.5. The van der Waals surface area contributed by atoms with Crippen LogP contribution in [0.5, 0.6) is 0 Å². The lowest BCUT2D eigenvalue weighted by Gasteiger charge is -2.23. The molecule has 0 aliphatic carbocycles. The predicted molar refractivity (Wildman–Crippen MR) is 208 cm³/mol. The molecule has 0 spiro atoms. The Labute approximate surface area is 300 Å². The molecule has 0 saturated heterocycles. The molecule has 0 atom stereocenters. The van der Waals surface area contributed by atoms with Gasteiger partial charge in [-0.1, -0.05) is 174 Å². The molecule has 0 aromatic carbocycles. The van der Waals surface area contributed by atoms with Gasteiger partial charge in [0.1, 0.15) is 13.2 Å². The van der Waals surface area contributed by atoms with Crippen LogP contribution in [-0.4, -0.2) is 61.5 Å². The van der Waals surface area contributed by atoms with Crippen molar-refractivity contribution in [1.82, 2.24) is 9.80 Å². The second-order valence-corrected chi connectivity index (χ2v) is 14.4. The Morgan fingerprint density at radius 1 is 0.458 bits per heavy atom. The number of unbranched alkanes of at least 4 members (excludes halogenated alkanes) is 27. The smallest absolute Gasteiger partial charge is 0.248 e. The van der Waals surface area contributed by atoms with Crippen molar-refractivity contribution in [2.75, 3.05) is 39.9 Å². The van der Waals surface area contributed by atoms with Crippen LogP contribution in [0.15, 0.2) is 0 Å². The molecule has 5 heteroatoms. The quantitative estimate of drug-likeness (QED) is 0.0487. The summed E-state index contributed by atoms with van der Waals surface area (Å²) in [6.07, 6.45) is 38.2. The zero-order valence-corrected chi connectivity index (χ0v) is 32.9. The third kappa shape index (κ3) is 33.0. The minimum Gasteiger partial charge on any atom is -0.362 e. The fraction of sp³-hybridized carbons (Fsp3) is 0.907. The van der Waals surface area contributed by atoms with Crippen molar-refractivity contribution in [3.05, 3.63) is 0 Å². The predicted octanol–water partition coefficient (Wildman–Crippen LogP) is 12.1. The molecule has 282 valence electrons. The van der Waals surface area contributed by atoms with Crippen LogP contribution in [-0.2, 0) is 14.3 Å². The van der Waals surface area contributed by atoms with Crippen LogP contribution in [0.1, 0.15) is 213 Å². The number of hydrogen-bond donors (Lipinski definition) is 0. The number of nitrogens with zero attached hydrogens (tertiary/aromatic N) is 2. The zero-order chi connectivity index (χ0) is 35.2. The maximum absolute atomic E-state index is 13.2. The molecule has 0 radical (unpaired) electrons. The van der Waals surface area contributed by atoms with Crippen molar-refractivity contribution in [2.45, 2.75) is 213 Å². The third-order valence-corrected chi connectivity index (χ3v) is 9.76. The first kappa shape index (κ1) is 46.5. The second kappa shape index (κ2) is 38.3. The van der Waals surface area contributed by atoms with Gasteiger partial charge in [-0.05, 0) is 32.6 Å². The van der Waals surface area contributed by atoms with E-state index in [9.17, 15) is 9.59 Å². The highest BCUT2D eigenvalue weighted by Gasteiger charge is 2.15. The van der Waals surface area contributed by atoms with Gasteiger partial charge >= 0.3 is 0 Å². The van der Waals surface area contributed by atoms with Crippen LogP contribution in [0.25, 0.3) is 0 Å². The average molecular weight is 675 g/mol. The topological polar surface area (TPSA) is 49.9 Å². The second-order valence-electron chi connectivity index (χ2n) is 14.4. The normalized spacial score (nSPS) is 11.0. The molecule has 0 saturated carbocycles. The van der Waals surface area contributed by atoms with E-state index in [-0.39, 0.29) is 25.0 Å². The first-order chi connectivity index (χ1) is 23.6. The molecule has 48 heavy (non-hydrogen) atoms. The summed E-state index contributed by atoms with van der Waals surface area (Å²) in [6, 6.07) is 0. The van der Waals surface area contributed by atoms with Gasteiger partial charge in [0.25, 0.3) is 0 Å². The van der Waals surface area contributed by atoms with Gasteiger partial charge in [0, 0.05) is 33.1 Å². The van der Waals surface area contributed by atoms with Crippen molar-refractivity contribution >= 4 is 11.8 Å². The Hall–Kier alpha value is -1.54. The van der Waals surface area contributed by atoms with Crippen LogP contribution in [0.4, 0.5) is 0 Å². The summed E-state index contributed by atoms with van der Waals surface area (Å²) < 4.78 is 5.68. The minimum atomic E-state index is -0.0189. The van der Waals surface area contributed by atoms with Crippen molar-refractivity contribution in [1.29, 1.82) is 0 Å². The fourth-order valence-corrected chi connectivity index (χ4v) is 6.42. The standard InChI is InChI=1S/C43H82N2O3/c1-5-8-11-14-17-20-23-24-27-30-33-36-39-45(38-35-32-29-26-22-19-16-13-10-7-3)43(47)41-48-40-42(46)44(4)37-34-31-28-25-21-18-15-12-9-6-2/h6-7,9-41H2,1-4H3. The van der Waals surface area contributed by atoms with E-state index < -0.39 is 0 Å². The lowest BCUT2D eigenvalue weighted by Crippen LogP contribution is -2.37. The molecular weight excluding hydrogens is 592 g/mol. The summed E-state index contributed by atoms with van der Waals surface area (Å²) in [7, 11) is 1.86. The maximum Gasteiger partial charge on any atom is 0.248 e. The molecule has 0 fully saturated rings. The summed E-state index contributed by atoms with van der Waals surface area (Å²) in [4.78, 5) is 29.6. The van der Waals surface area contributed by atoms with E-state index in [2.05, 4.69) is 25.7 Å². The van der Waals surface area contributed by atoms with Crippen LogP contribution in [0.3, 0.4) is 0 Å². The first-order valence-corrected chi connectivity index (χ1v) is 21.1. The van der Waals surface area contributed by atoms with E-state index in [0.29, 0.717) is 0 Å². The van der Waals surface area contributed by atoms with Crippen molar-refractivity contribution < 1.29 is 14.3 Å². The lowest BCUT2D eigenvalue weighted by molar-refractivity contribution is -0.141. The molecule has 0 aliphatic heterocycles. The molecule has 0 bridgehead atoms. The number of likely N-dealkylation sites (N-methyl/N-ethyl adjacent to an activating group) is 1. The van der Waals surface area contributed by atoms with Crippen molar-refractivity contribution in [3.8, 4) is 11.8 Å². The lowest BCUT2D eigenvalue weighted by atomic mass is 10.1. The van der Waals surface area contributed by atoms with Gasteiger partial charge in [0.05, 0.1) is 0 Å². The first-order valence-electron chi connectivity index (χ1n) is 21.1. The highest BCUT2D eigenvalue weighted by Crippen LogP contribution is 2.14. The zero-order valence-electron chi connectivity index (χ0n) is 32.9. The molecule has 2 amide bonds. The van der Waals surface area contributed by atoms with E-state index >= 15 is 0 Å². The molecule has 0 aliphatic rings. The number of ether oxygens (including phenoxy) is 1. The number of carbonyl (C=O) groups is 2. The Balaban J connectivity index is 4.28. The van der Waals surface area contributed by atoms with E-state index in [1.54, 1.807) is 4.90 Å². The fourth-order valence-electron chi connectivity index (χ4n) is 6.42. The van der Waals surface area contributed by atoms with Gasteiger partial charge < -0.3 is 14.5 Å². The van der Waals surface area contributed by atoms with Crippen LogP contribution < -0.4 is 0 Å². The Bertz CT molecular complexity index is 759. The number of amides is 2. The van der Waals surface area contributed by atoms with E-state index in [1.807, 2.05) is 18.9 Å². The van der Waals surface area contributed by atoms with E-state index in [0.717, 1.165) is 45.3 Å². The van der Waals surface area contributed by atoms with Gasteiger partial charge in [0.2, 0.25) is 11.8 Å². The summed E-state index contributed by atoms with van der Waals surface area (Å²) in [5, 5.41) is 0. The minimum absolute atomic E-state index is 0.00188. The molecule has 0 aromatic heterocycles. The summed E-state index contributed by atoms with van der Waals surface area (Å²) in [6.45, 7) is 8.86. The summed E-state index contributed by atoms with van der Waals surface area (Å²) in [5.74, 6) is 6.16. The van der Waals surface area contributed by atoms with Gasteiger partial charge in [-0.3, -0.25) is 9.59 Å². The van der Waals surface area contributed by atoms with Crippen molar-refractivity contribution in [2.24, 2.45) is 0 Å². The summed E-state index contributed by atoms with van der Waals surface area (Å²) in [5.41, 5.74) is 0. The van der Waals surface area contributed by atoms with Crippen LogP contribution in [0.2, 0.25) is 0 Å². The SMILES string of the molecule is CC#CCCCCCCCCCCCN(CCCCCCCCCCCC)C(=O)COCC(=O)N(C)CCCCCCCCCCCC. The molecule has 0 rings (SSSR count). The third-order valence-electron chi connectivity index (χ3n) is 9.76. The maximum atomic E-state index is 13.2. The average Bonchev–Trinajstić information content (AvgIpc) is 3.09. The van der Waals surface area contributed by atoms with Gasteiger partial charge in [-0.2, -0.15) is 0 Å². The van der Waals surface area contributed by atoms with Crippen LogP contribution in [0, 0.1) is 11.8 Å². The molecule has 0 unspecified atom stereocenters. The Kier molecular flexibility index (Phi) is 37.0. The van der Waals surface area contributed by atoms with Gasteiger partial charge in [0.15, 0.2) is 0 Å². The monoisotopic (exact) mass is 675 g/mol. The highest BCUT2D eigenvalue weighted by molar-refractivity contribution is 5.79. The molecule has 5 nitrogen and oxygen atoms in total. The molecule has 0 N–H and O–H groups in total. The largest absolute Gasteiger partial charge is 0.362 e. The van der Waals surface area contributed by atoms with Gasteiger partial charge in [-0.15, -0.1) is 11.8 Å². The van der Waals surface area contributed by atoms with Crippen LogP contribution >= 0.6 is 0 Å². The number of carbonyl (C=O) groups excluding carboxylic acids is 2.